The van der Waals surface area contributed by atoms with Gasteiger partial charge < -0.3 is 15.2 Å². The van der Waals surface area contributed by atoms with Crippen LogP contribution < -0.4 is 5.32 Å². The first-order valence-corrected chi connectivity index (χ1v) is 5.23. The van der Waals surface area contributed by atoms with Gasteiger partial charge in [0.25, 0.3) is 5.69 Å². The van der Waals surface area contributed by atoms with Gasteiger partial charge in [-0.15, -0.1) is 0 Å². The molecule has 0 amide bonds. The van der Waals surface area contributed by atoms with Gasteiger partial charge in [-0.25, -0.2) is 4.79 Å². The lowest BCUT2D eigenvalue weighted by molar-refractivity contribution is -0.385. The molecule has 1 aromatic rings. The van der Waals surface area contributed by atoms with Gasteiger partial charge in [-0.05, 0) is 19.1 Å². The fourth-order valence-corrected chi connectivity index (χ4v) is 1.53. The van der Waals surface area contributed by atoms with Crippen molar-refractivity contribution in [3.8, 4) is 0 Å². The fraction of sp³-hybridized carbons (Fsp3) is 0.364. The number of hydrogen-bond acceptors (Lipinski definition) is 5. The molecule has 0 saturated carbocycles. The molecule has 0 saturated heterocycles. The van der Waals surface area contributed by atoms with Crippen LogP contribution in [0.15, 0.2) is 18.2 Å². The Morgan fingerprint density at radius 1 is 1.61 bits per heavy atom. The third-order valence-corrected chi connectivity index (χ3v) is 2.25. The average molecular weight is 254 g/mol. The molecule has 7 heteroatoms. The van der Waals surface area contributed by atoms with Crippen LogP contribution in [0.4, 0.5) is 11.4 Å². The molecule has 0 unspecified atom stereocenters. The van der Waals surface area contributed by atoms with Crippen molar-refractivity contribution >= 4 is 17.3 Å². The van der Waals surface area contributed by atoms with Crippen molar-refractivity contribution in [2.75, 3.05) is 19.0 Å². The standard InChI is InChI=1S/C11H14N2O5/c1-7(6-18-2)12-8-3-4-10(13(16)17)9(5-8)11(14)15/h3-5,7,12H,6H2,1-2H3,(H,14,15)/t7-/m1/s1. The summed E-state index contributed by atoms with van der Waals surface area (Å²) in [5, 5.41) is 22.6. The molecule has 0 aliphatic carbocycles. The normalized spacial score (nSPS) is 11.9. The van der Waals surface area contributed by atoms with E-state index in [-0.39, 0.29) is 11.6 Å². The number of aromatic carboxylic acids is 1. The van der Waals surface area contributed by atoms with E-state index in [0.717, 1.165) is 0 Å². The molecule has 0 bridgehead atoms. The van der Waals surface area contributed by atoms with E-state index < -0.39 is 16.6 Å². The van der Waals surface area contributed by atoms with Crippen LogP contribution in [0.2, 0.25) is 0 Å². The number of carboxylic acids is 1. The number of ether oxygens (including phenoxy) is 1. The van der Waals surface area contributed by atoms with Gasteiger partial charge in [0.2, 0.25) is 0 Å². The highest BCUT2D eigenvalue weighted by Crippen LogP contribution is 2.23. The summed E-state index contributed by atoms with van der Waals surface area (Å²) in [7, 11) is 1.55. The number of benzene rings is 1. The van der Waals surface area contributed by atoms with Crippen molar-refractivity contribution in [1.82, 2.24) is 0 Å². The highest BCUT2D eigenvalue weighted by atomic mass is 16.6. The second-order valence-electron chi connectivity index (χ2n) is 3.79. The zero-order chi connectivity index (χ0) is 13.7. The van der Waals surface area contributed by atoms with Gasteiger partial charge in [-0.1, -0.05) is 0 Å². The van der Waals surface area contributed by atoms with Crippen LogP contribution in [-0.4, -0.2) is 35.8 Å². The summed E-state index contributed by atoms with van der Waals surface area (Å²) < 4.78 is 4.93. The zero-order valence-corrected chi connectivity index (χ0v) is 10.0. The Balaban J connectivity index is 3.00. The fourth-order valence-electron chi connectivity index (χ4n) is 1.53. The molecule has 0 spiro atoms. The van der Waals surface area contributed by atoms with E-state index in [1.165, 1.54) is 18.2 Å². The van der Waals surface area contributed by atoms with Crippen LogP contribution in [-0.2, 0) is 4.74 Å². The lowest BCUT2D eigenvalue weighted by Crippen LogP contribution is -2.21. The molecule has 0 fully saturated rings. The maximum Gasteiger partial charge on any atom is 0.342 e. The summed E-state index contributed by atoms with van der Waals surface area (Å²) in [4.78, 5) is 20.9. The molecule has 0 aliphatic rings. The monoisotopic (exact) mass is 254 g/mol. The van der Waals surface area contributed by atoms with E-state index in [0.29, 0.717) is 12.3 Å². The molecule has 1 aromatic carbocycles. The molecule has 18 heavy (non-hydrogen) atoms. The van der Waals surface area contributed by atoms with Gasteiger partial charge in [0.1, 0.15) is 5.56 Å². The number of nitrogens with one attached hydrogen (secondary N) is 1. The van der Waals surface area contributed by atoms with Crippen LogP contribution in [0.5, 0.6) is 0 Å². The summed E-state index contributed by atoms with van der Waals surface area (Å²) in [6.45, 7) is 2.30. The molecule has 0 aliphatic heterocycles. The number of methoxy groups -OCH3 is 1. The highest BCUT2D eigenvalue weighted by molar-refractivity contribution is 5.93. The lowest BCUT2D eigenvalue weighted by Gasteiger charge is -2.14. The van der Waals surface area contributed by atoms with Gasteiger partial charge in [-0.2, -0.15) is 0 Å². The molecule has 0 radical (unpaired) electrons. The Kier molecular flexibility index (Phi) is 4.61. The van der Waals surface area contributed by atoms with Gasteiger partial charge in [0.05, 0.1) is 11.5 Å². The Labute approximate surface area is 104 Å². The van der Waals surface area contributed by atoms with Gasteiger partial charge in [0, 0.05) is 24.9 Å². The number of nitro groups is 1. The minimum absolute atomic E-state index is 0.0295. The molecular weight excluding hydrogens is 240 g/mol. The van der Waals surface area contributed by atoms with Crippen molar-refractivity contribution < 1.29 is 19.6 Å². The first-order valence-electron chi connectivity index (χ1n) is 5.23. The van der Waals surface area contributed by atoms with E-state index in [4.69, 9.17) is 9.84 Å². The van der Waals surface area contributed by atoms with Crippen molar-refractivity contribution in [3.05, 3.63) is 33.9 Å². The van der Waals surface area contributed by atoms with Gasteiger partial charge in [-0.3, -0.25) is 10.1 Å². The van der Waals surface area contributed by atoms with Crippen molar-refractivity contribution in [1.29, 1.82) is 0 Å². The molecule has 0 aromatic heterocycles. The number of nitrogens with zero attached hydrogens (tertiary/aromatic N) is 1. The minimum Gasteiger partial charge on any atom is -0.477 e. The van der Waals surface area contributed by atoms with Crippen LogP contribution in [0, 0.1) is 10.1 Å². The van der Waals surface area contributed by atoms with Crippen LogP contribution in [0.3, 0.4) is 0 Å². The predicted molar refractivity (Wildman–Crippen MR) is 65.0 cm³/mol. The smallest absolute Gasteiger partial charge is 0.342 e. The quantitative estimate of drug-likeness (QED) is 0.592. The Hall–Kier alpha value is -2.15. The molecule has 2 N–H and O–H groups in total. The SMILES string of the molecule is COC[C@@H](C)Nc1ccc([N+](=O)[O-])c(C(=O)O)c1. The number of nitro benzene ring substituents is 1. The summed E-state index contributed by atoms with van der Waals surface area (Å²) >= 11 is 0. The van der Waals surface area contributed by atoms with E-state index in [1.807, 2.05) is 6.92 Å². The van der Waals surface area contributed by atoms with E-state index in [1.54, 1.807) is 7.11 Å². The molecule has 0 heterocycles. The molecular formula is C11H14N2O5. The number of anilines is 1. The lowest BCUT2D eigenvalue weighted by atomic mass is 10.1. The number of hydrogen-bond donors (Lipinski definition) is 2. The maximum atomic E-state index is 10.9. The first-order chi connectivity index (χ1) is 8.45. The molecule has 1 atom stereocenters. The second-order valence-corrected chi connectivity index (χ2v) is 3.79. The van der Waals surface area contributed by atoms with E-state index >= 15 is 0 Å². The van der Waals surface area contributed by atoms with Crippen LogP contribution in [0.25, 0.3) is 0 Å². The maximum absolute atomic E-state index is 10.9. The van der Waals surface area contributed by atoms with Gasteiger partial charge >= 0.3 is 5.97 Å². The third kappa shape index (κ3) is 3.42. The Morgan fingerprint density at radius 3 is 2.78 bits per heavy atom. The van der Waals surface area contributed by atoms with E-state index in [2.05, 4.69) is 5.32 Å². The Bertz CT molecular complexity index is 461. The summed E-state index contributed by atoms with van der Waals surface area (Å²) in [5.74, 6) is -1.33. The predicted octanol–water partition coefficient (Wildman–Crippen LogP) is 1.74. The van der Waals surface area contributed by atoms with Crippen molar-refractivity contribution in [2.24, 2.45) is 0 Å². The first kappa shape index (κ1) is 13.9. The largest absolute Gasteiger partial charge is 0.477 e. The third-order valence-electron chi connectivity index (χ3n) is 2.25. The highest BCUT2D eigenvalue weighted by Gasteiger charge is 2.20. The number of rotatable bonds is 6. The topological polar surface area (TPSA) is 102 Å². The van der Waals surface area contributed by atoms with Crippen LogP contribution >= 0.6 is 0 Å². The Morgan fingerprint density at radius 2 is 2.28 bits per heavy atom. The second kappa shape index (κ2) is 5.97. The molecule has 7 nitrogen and oxygen atoms in total. The summed E-state index contributed by atoms with van der Waals surface area (Å²) in [6.07, 6.45) is 0. The van der Waals surface area contributed by atoms with E-state index in [9.17, 15) is 14.9 Å². The minimum atomic E-state index is -1.33. The van der Waals surface area contributed by atoms with Crippen LogP contribution in [0.1, 0.15) is 17.3 Å². The molecule has 1 rings (SSSR count). The number of carboxylic acid groups (broad SMARTS) is 1. The average Bonchev–Trinajstić information content (AvgIpc) is 2.28. The van der Waals surface area contributed by atoms with Gasteiger partial charge in [0.15, 0.2) is 0 Å². The molecule has 98 valence electrons. The summed E-state index contributed by atoms with van der Waals surface area (Å²) in [6, 6.07) is 3.85. The zero-order valence-electron chi connectivity index (χ0n) is 10.0. The van der Waals surface area contributed by atoms with Crippen molar-refractivity contribution in [2.45, 2.75) is 13.0 Å². The summed E-state index contributed by atoms with van der Waals surface area (Å²) in [5.41, 5.74) is -0.260. The van der Waals surface area contributed by atoms with Crippen molar-refractivity contribution in [3.63, 3.8) is 0 Å². The number of carbonyl (C=O) groups is 1.